The number of rotatable bonds is 2. The van der Waals surface area contributed by atoms with Gasteiger partial charge in [0.05, 0.1) is 5.60 Å². The summed E-state index contributed by atoms with van der Waals surface area (Å²) >= 11 is 0. The maximum atomic E-state index is 11.7. The topological polar surface area (TPSA) is 50.4 Å². The zero-order valence-electron chi connectivity index (χ0n) is 10.2. The van der Waals surface area contributed by atoms with Gasteiger partial charge in [-0.15, -0.1) is 0 Å². The van der Waals surface area contributed by atoms with Crippen LogP contribution in [0, 0.1) is 0 Å². The van der Waals surface area contributed by atoms with Crippen LogP contribution in [0.15, 0.2) is 0 Å². The molecule has 1 aliphatic heterocycles. The summed E-state index contributed by atoms with van der Waals surface area (Å²) < 4.78 is 5.62. The highest BCUT2D eigenvalue weighted by atomic mass is 16.5. The Morgan fingerprint density at radius 1 is 1.19 bits per heavy atom. The van der Waals surface area contributed by atoms with Crippen LogP contribution in [0.25, 0.3) is 0 Å². The SMILES string of the molecule is CC1(C)CC(NC(=O)NC2CCC2)CCO1. The van der Waals surface area contributed by atoms with Crippen LogP contribution in [0.5, 0.6) is 0 Å². The summed E-state index contributed by atoms with van der Waals surface area (Å²) in [7, 11) is 0. The Labute approximate surface area is 97.1 Å². The van der Waals surface area contributed by atoms with Crippen molar-refractivity contribution >= 4 is 6.03 Å². The molecule has 0 spiro atoms. The number of carbonyl (C=O) groups is 1. The smallest absolute Gasteiger partial charge is 0.315 e. The third-order valence-electron chi connectivity index (χ3n) is 3.47. The van der Waals surface area contributed by atoms with Crippen molar-refractivity contribution < 1.29 is 9.53 Å². The van der Waals surface area contributed by atoms with Gasteiger partial charge in [0.2, 0.25) is 0 Å². The maximum Gasteiger partial charge on any atom is 0.315 e. The summed E-state index contributed by atoms with van der Waals surface area (Å²) in [6, 6.07) is 0.657. The predicted octanol–water partition coefficient (Wildman–Crippen LogP) is 1.80. The zero-order chi connectivity index (χ0) is 11.6. The predicted molar refractivity (Wildman–Crippen MR) is 62.4 cm³/mol. The van der Waals surface area contributed by atoms with Crippen molar-refractivity contribution in [2.24, 2.45) is 0 Å². The largest absolute Gasteiger partial charge is 0.375 e. The summed E-state index contributed by atoms with van der Waals surface area (Å²) in [6.45, 7) is 4.89. The molecule has 1 saturated heterocycles. The summed E-state index contributed by atoms with van der Waals surface area (Å²) in [6.07, 6.45) is 5.32. The number of amides is 2. The van der Waals surface area contributed by atoms with Crippen LogP contribution in [-0.2, 0) is 4.74 Å². The normalized spacial score (nSPS) is 29.2. The highest BCUT2D eigenvalue weighted by molar-refractivity contribution is 5.74. The molecule has 2 rings (SSSR count). The van der Waals surface area contributed by atoms with Crippen molar-refractivity contribution in [1.82, 2.24) is 10.6 Å². The molecule has 1 aliphatic carbocycles. The Kier molecular flexibility index (Phi) is 3.38. The molecule has 2 amide bonds. The molecule has 0 aromatic heterocycles. The molecule has 4 heteroatoms. The van der Waals surface area contributed by atoms with Crippen LogP contribution in [0.1, 0.15) is 46.0 Å². The van der Waals surface area contributed by atoms with Gasteiger partial charge < -0.3 is 15.4 Å². The Hall–Kier alpha value is -0.770. The van der Waals surface area contributed by atoms with Gasteiger partial charge in [-0.1, -0.05) is 0 Å². The minimum absolute atomic E-state index is 0.00704. The third kappa shape index (κ3) is 3.11. The van der Waals surface area contributed by atoms with Crippen molar-refractivity contribution in [1.29, 1.82) is 0 Å². The summed E-state index contributed by atoms with van der Waals surface area (Å²) in [5.74, 6) is 0. The molecule has 0 bridgehead atoms. The van der Waals surface area contributed by atoms with Gasteiger partial charge in [0.15, 0.2) is 0 Å². The number of carbonyl (C=O) groups excluding carboxylic acids is 1. The highest BCUT2D eigenvalue weighted by Gasteiger charge is 2.30. The van der Waals surface area contributed by atoms with Crippen molar-refractivity contribution in [2.45, 2.75) is 63.6 Å². The van der Waals surface area contributed by atoms with Crippen LogP contribution in [0.4, 0.5) is 4.79 Å². The molecular weight excluding hydrogens is 204 g/mol. The maximum absolute atomic E-state index is 11.7. The lowest BCUT2D eigenvalue weighted by molar-refractivity contribution is -0.0611. The van der Waals surface area contributed by atoms with E-state index in [0.717, 1.165) is 32.3 Å². The average Bonchev–Trinajstić information content (AvgIpc) is 2.10. The van der Waals surface area contributed by atoms with Crippen molar-refractivity contribution in [3.63, 3.8) is 0 Å². The molecule has 1 saturated carbocycles. The Morgan fingerprint density at radius 3 is 2.44 bits per heavy atom. The lowest BCUT2D eigenvalue weighted by atomic mass is 9.93. The molecule has 0 radical (unpaired) electrons. The summed E-state index contributed by atoms with van der Waals surface area (Å²) in [5.41, 5.74) is -0.104. The van der Waals surface area contributed by atoms with Gasteiger partial charge in [0.25, 0.3) is 0 Å². The van der Waals surface area contributed by atoms with E-state index in [-0.39, 0.29) is 17.7 Å². The molecule has 1 heterocycles. The molecule has 16 heavy (non-hydrogen) atoms. The van der Waals surface area contributed by atoms with E-state index in [0.29, 0.717) is 6.04 Å². The number of urea groups is 1. The van der Waals surface area contributed by atoms with Gasteiger partial charge >= 0.3 is 6.03 Å². The second kappa shape index (κ2) is 4.62. The molecule has 1 atom stereocenters. The summed E-state index contributed by atoms with van der Waals surface area (Å²) in [5, 5.41) is 6.04. The molecule has 92 valence electrons. The van der Waals surface area contributed by atoms with Gasteiger partial charge in [-0.3, -0.25) is 0 Å². The summed E-state index contributed by atoms with van der Waals surface area (Å²) in [4.78, 5) is 11.7. The van der Waals surface area contributed by atoms with E-state index in [9.17, 15) is 4.79 Å². The van der Waals surface area contributed by atoms with Crippen LogP contribution in [0.2, 0.25) is 0 Å². The van der Waals surface area contributed by atoms with E-state index in [2.05, 4.69) is 24.5 Å². The number of hydrogen-bond donors (Lipinski definition) is 2. The first kappa shape index (κ1) is 11.7. The van der Waals surface area contributed by atoms with Gasteiger partial charge in [-0.05, 0) is 46.0 Å². The second-order valence-corrected chi connectivity index (χ2v) is 5.54. The first-order valence-corrected chi connectivity index (χ1v) is 6.26. The first-order valence-electron chi connectivity index (χ1n) is 6.26. The highest BCUT2D eigenvalue weighted by Crippen LogP contribution is 2.24. The Balaban J connectivity index is 1.73. The minimum Gasteiger partial charge on any atom is -0.375 e. The lowest BCUT2D eigenvalue weighted by Crippen LogP contribution is -2.52. The number of hydrogen-bond acceptors (Lipinski definition) is 2. The van der Waals surface area contributed by atoms with Crippen LogP contribution < -0.4 is 10.6 Å². The fourth-order valence-electron chi connectivity index (χ4n) is 2.32. The number of ether oxygens (including phenoxy) is 1. The molecule has 0 aromatic carbocycles. The second-order valence-electron chi connectivity index (χ2n) is 5.54. The third-order valence-corrected chi connectivity index (χ3v) is 3.47. The van der Waals surface area contributed by atoms with E-state index in [1.807, 2.05) is 0 Å². The molecule has 0 aromatic rings. The molecule has 1 unspecified atom stereocenters. The fourth-order valence-corrected chi connectivity index (χ4v) is 2.32. The zero-order valence-corrected chi connectivity index (χ0v) is 10.2. The van der Waals surface area contributed by atoms with Crippen molar-refractivity contribution in [3.05, 3.63) is 0 Å². The standard InChI is InChI=1S/C12H22N2O2/c1-12(2)8-10(6-7-16-12)14-11(15)13-9-4-3-5-9/h9-10H,3-8H2,1-2H3,(H2,13,14,15). The van der Waals surface area contributed by atoms with E-state index in [1.165, 1.54) is 6.42 Å². The Morgan fingerprint density at radius 2 is 1.88 bits per heavy atom. The van der Waals surface area contributed by atoms with E-state index >= 15 is 0 Å². The quantitative estimate of drug-likeness (QED) is 0.754. The van der Waals surface area contributed by atoms with Gasteiger partial charge in [-0.2, -0.15) is 0 Å². The fraction of sp³-hybridized carbons (Fsp3) is 0.917. The lowest BCUT2D eigenvalue weighted by Gasteiger charge is -2.36. The molecule has 2 fully saturated rings. The van der Waals surface area contributed by atoms with Crippen LogP contribution in [-0.4, -0.2) is 30.3 Å². The number of nitrogens with one attached hydrogen (secondary N) is 2. The van der Waals surface area contributed by atoms with E-state index in [4.69, 9.17) is 4.74 Å². The molecule has 2 N–H and O–H groups in total. The van der Waals surface area contributed by atoms with Crippen molar-refractivity contribution in [3.8, 4) is 0 Å². The van der Waals surface area contributed by atoms with Gasteiger partial charge in [-0.25, -0.2) is 4.79 Å². The van der Waals surface area contributed by atoms with E-state index in [1.54, 1.807) is 0 Å². The molecular formula is C12H22N2O2. The van der Waals surface area contributed by atoms with Gasteiger partial charge in [0, 0.05) is 18.7 Å². The minimum atomic E-state index is -0.104. The van der Waals surface area contributed by atoms with Crippen molar-refractivity contribution in [2.75, 3.05) is 6.61 Å². The van der Waals surface area contributed by atoms with Gasteiger partial charge in [0.1, 0.15) is 0 Å². The van der Waals surface area contributed by atoms with Crippen LogP contribution in [0.3, 0.4) is 0 Å². The molecule has 4 nitrogen and oxygen atoms in total. The van der Waals surface area contributed by atoms with Crippen LogP contribution >= 0.6 is 0 Å². The first-order chi connectivity index (χ1) is 7.55. The van der Waals surface area contributed by atoms with E-state index < -0.39 is 0 Å². The molecule has 2 aliphatic rings. The average molecular weight is 226 g/mol. The monoisotopic (exact) mass is 226 g/mol. The Bertz CT molecular complexity index is 262.